The highest BCUT2D eigenvalue weighted by Gasteiger charge is 2.23. The number of Topliss-reactive ketones (excluding diaryl/α,β-unsaturated/α-hetero) is 1. The van der Waals surface area contributed by atoms with Crippen molar-refractivity contribution in [1.29, 1.82) is 0 Å². The molecule has 0 saturated heterocycles. The first-order valence-corrected chi connectivity index (χ1v) is 7.91. The van der Waals surface area contributed by atoms with Gasteiger partial charge in [0.15, 0.2) is 0 Å². The van der Waals surface area contributed by atoms with E-state index in [0.29, 0.717) is 18.9 Å². The maximum Gasteiger partial charge on any atom is 0.130 e. The topological polar surface area (TPSA) is 26.3 Å². The number of hydrogen-bond donors (Lipinski definition) is 0. The van der Waals surface area contributed by atoms with Crippen molar-refractivity contribution < 1.29 is 9.53 Å². The molecule has 1 aromatic rings. The van der Waals surface area contributed by atoms with Gasteiger partial charge in [0.25, 0.3) is 0 Å². The maximum atomic E-state index is 11.3. The number of carbonyl (C=O) groups is 1. The quantitative estimate of drug-likeness (QED) is 0.748. The number of hydrogen-bond acceptors (Lipinski definition) is 2. The molecular formula is C19H30O2. The number of ketones is 1. The molecule has 0 radical (unpaired) electrons. The van der Waals surface area contributed by atoms with Crippen molar-refractivity contribution in [3.63, 3.8) is 0 Å². The number of aryl methyl sites for hydroxylation is 1. The molecule has 0 fully saturated rings. The van der Waals surface area contributed by atoms with Crippen LogP contribution in [0.4, 0.5) is 0 Å². The van der Waals surface area contributed by atoms with Gasteiger partial charge in [-0.25, -0.2) is 0 Å². The Bertz CT molecular complexity index is 495. The lowest BCUT2D eigenvalue weighted by Gasteiger charge is -2.26. The van der Waals surface area contributed by atoms with E-state index in [4.69, 9.17) is 4.74 Å². The minimum absolute atomic E-state index is 0.0507. The second kappa shape index (κ2) is 7.11. The lowest BCUT2D eigenvalue weighted by Crippen LogP contribution is -2.16. The van der Waals surface area contributed by atoms with E-state index in [9.17, 15) is 4.79 Å². The Morgan fingerprint density at radius 3 is 2.38 bits per heavy atom. The first-order valence-electron chi connectivity index (χ1n) is 7.91. The van der Waals surface area contributed by atoms with Crippen LogP contribution in [0, 0.1) is 12.8 Å². The highest BCUT2D eigenvalue weighted by atomic mass is 16.5. The Labute approximate surface area is 129 Å². The van der Waals surface area contributed by atoms with Crippen molar-refractivity contribution in [2.45, 2.75) is 66.7 Å². The first kappa shape index (κ1) is 17.7. The fourth-order valence-electron chi connectivity index (χ4n) is 2.81. The molecule has 2 heteroatoms. The summed E-state index contributed by atoms with van der Waals surface area (Å²) in [6, 6.07) is 4.43. The van der Waals surface area contributed by atoms with Crippen LogP contribution in [0.2, 0.25) is 0 Å². The van der Waals surface area contributed by atoms with Crippen LogP contribution >= 0.6 is 0 Å². The third-order valence-corrected chi connectivity index (χ3v) is 3.61. The van der Waals surface area contributed by atoms with Gasteiger partial charge in [0.05, 0.1) is 6.61 Å². The van der Waals surface area contributed by atoms with Gasteiger partial charge < -0.3 is 9.53 Å². The summed E-state index contributed by atoms with van der Waals surface area (Å²) < 4.78 is 5.97. The second-order valence-electron chi connectivity index (χ2n) is 7.20. The number of ether oxygens (including phenoxy) is 1. The Balaban J connectivity index is 3.23. The van der Waals surface area contributed by atoms with Crippen LogP contribution in [0.1, 0.15) is 64.7 Å². The summed E-state index contributed by atoms with van der Waals surface area (Å²) in [6.45, 7) is 15.3. The zero-order valence-corrected chi connectivity index (χ0v) is 14.7. The fraction of sp³-hybridized carbons (Fsp3) is 0.632. The molecule has 0 aromatic heterocycles. The molecule has 0 heterocycles. The summed E-state index contributed by atoms with van der Waals surface area (Å²) in [7, 11) is 0. The Morgan fingerprint density at radius 1 is 1.29 bits per heavy atom. The van der Waals surface area contributed by atoms with Crippen molar-refractivity contribution in [3.8, 4) is 5.75 Å². The van der Waals surface area contributed by atoms with Gasteiger partial charge in [-0.3, -0.25) is 0 Å². The van der Waals surface area contributed by atoms with Gasteiger partial charge in [0.1, 0.15) is 11.5 Å². The molecule has 1 atom stereocenters. The van der Waals surface area contributed by atoms with E-state index in [1.54, 1.807) is 6.92 Å². The first-order chi connectivity index (χ1) is 9.65. The molecule has 118 valence electrons. The monoisotopic (exact) mass is 290 g/mol. The van der Waals surface area contributed by atoms with Gasteiger partial charge in [-0.2, -0.15) is 0 Å². The molecule has 1 unspecified atom stereocenters. The van der Waals surface area contributed by atoms with Crippen LogP contribution in [0.5, 0.6) is 5.75 Å². The van der Waals surface area contributed by atoms with Crippen molar-refractivity contribution in [1.82, 2.24) is 0 Å². The molecule has 0 spiro atoms. The van der Waals surface area contributed by atoms with Crippen LogP contribution in [0.25, 0.3) is 0 Å². The number of benzene rings is 1. The smallest absolute Gasteiger partial charge is 0.130 e. The van der Waals surface area contributed by atoms with Crippen LogP contribution in [0.3, 0.4) is 0 Å². The third-order valence-electron chi connectivity index (χ3n) is 3.61. The van der Waals surface area contributed by atoms with E-state index >= 15 is 0 Å². The highest BCUT2D eigenvalue weighted by Crippen LogP contribution is 2.36. The van der Waals surface area contributed by atoms with E-state index in [1.807, 2.05) is 6.92 Å². The van der Waals surface area contributed by atoms with Crippen LogP contribution in [-0.4, -0.2) is 12.4 Å². The molecule has 1 rings (SSSR count). The van der Waals surface area contributed by atoms with Crippen LogP contribution in [0.15, 0.2) is 12.1 Å². The molecule has 2 nitrogen and oxygen atoms in total. The molecule has 21 heavy (non-hydrogen) atoms. The van der Waals surface area contributed by atoms with Gasteiger partial charge in [-0.05, 0) is 44.1 Å². The summed E-state index contributed by atoms with van der Waals surface area (Å²) >= 11 is 0. The van der Waals surface area contributed by atoms with Crippen molar-refractivity contribution in [3.05, 3.63) is 28.8 Å². The van der Waals surface area contributed by atoms with E-state index in [0.717, 1.165) is 12.2 Å². The van der Waals surface area contributed by atoms with Crippen LogP contribution in [-0.2, 0) is 16.6 Å². The summed E-state index contributed by atoms with van der Waals surface area (Å²) in [4.78, 5) is 11.3. The minimum Gasteiger partial charge on any atom is -0.493 e. The molecule has 0 amide bonds. The summed E-state index contributed by atoms with van der Waals surface area (Å²) in [5.41, 5.74) is 3.80. The van der Waals surface area contributed by atoms with E-state index in [1.165, 1.54) is 16.7 Å². The second-order valence-corrected chi connectivity index (χ2v) is 7.20. The van der Waals surface area contributed by atoms with E-state index in [2.05, 4.69) is 46.8 Å². The third kappa shape index (κ3) is 5.18. The van der Waals surface area contributed by atoms with Crippen molar-refractivity contribution >= 4 is 5.78 Å². The standard InChI is InChI=1S/C19H30O2/c1-8-21-18-16(10-13(2)9-15(4)20)11-14(3)12-17(18)19(5,6)7/h11-13H,8-10H2,1-7H3. The zero-order chi connectivity index (χ0) is 16.2. The normalized spacial score (nSPS) is 13.1. The lowest BCUT2D eigenvalue weighted by atomic mass is 9.82. The zero-order valence-electron chi connectivity index (χ0n) is 14.7. The van der Waals surface area contributed by atoms with Crippen molar-refractivity contribution in [2.75, 3.05) is 6.61 Å². The summed E-state index contributed by atoms with van der Waals surface area (Å²) in [5.74, 6) is 1.62. The Hall–Kier alpha value is -1.31. The van der Waals surface area contributed by atoms with E-state index < -0.39 is 0 Å². The van der Waals surface area contributed by atoms with Gasteiger partial charge in [-0.1, -0.05) is 45.4 Å². The predicted molar refractivity (Wildman–Crippen MR) is 89.2 cm³/mol. The molecule has 1 aromatic carbocycles. The fourth-order valence-corrected chi connectivity index (χ4v) is 2.81. The largest absolute Gasteiger partial charge is 0.493 e. The van der Waals surface area contributed by atoms with Gasteiger partial charge >= 0.3 is 0 Å². The molecule has 0 saturated carbocycles. The average molecular weight is 290 g/mol. The molecule has 0 aliphatic rings. The van der Waals surface area contributed by atoms with Crippen molar-refractivity contribution in [2.24, 2.45) is 5.92 Å². The molecule has 0 bridgehead atoms. The maximum absolute atomic E-state index is 11.3. The number of carbonyl (C=O) groups excluding carboxylic acids is 1. The summed E-state index contributed by atoms with van der Waals surface area (Å²) in [5, 5.41) is 0. The number of rotatable bonds is 6. The Morgan fingerprint density at radius 2 is 1.90 bits per heavy atom. The van der Waals surface area contributed by atoms with Gasteiger partial charge in [0, 0.05) is 12.0 Å². The molecule has 0 aliphatic heterocycles. The van der Waals surface area contributed by atoms with Crippen LogP contribution < -0.4 is 4.74 Å². The molecule has 0 aliphatic carbocycles. The SMILES string of the molecule is CCOc1c(CC(C)CC(C)=O)cc(C)cc1C(C)(C)C. The Kier molecular flexibility index (Phi) is 6.00. The van der Waals surface area contributed by atoms with Gasteiger partial charge in [0.2, 0.25) is 0 Å². The van der Waals surface area contributed by atoms with Gasteiger partial charge in [-0.15, -0.1) is 0 Å². The predicted octanol–water partition coefficient (Wildman–Crippen LogP) is 4.85. The summed E-state index contributed by atoms with van der Waals surface area (Å²) in [6.07, 6.45) is 1.52. The van der Waals surface area contributed by atoms with E-state index in [-0.39, 0.29) is 11.2 Å². The lowest BCUT2D eigenvalue weighted by molar-refractivity contribution is -0.117. The molecular weight excluding hydrogens is 260 g/mol. The molecule has 0 N–H and O–H groups in total. The average Bonchev–Trinajstić information content (AvgIpc) is 2.29. The highest BCUT2D eigenvalue weighted by molar-refractivity contribution is 5.75. The minimum atomic E-state index is 0.0507.